The third kappa shape index (κ3) is 9.32. The summed E-state index contributed by atoms with van der Waals surface area (Å²) in [7, 11) is 1.79. The van der Waals surface area contributed by atoms with Crippen LogP contribution in [0.5, 0.6) is 11.8 Å². The second-order valence-electron chi connectivity index (χ2n) is 14.1. The molecule has 2 aliphatic rings. The van der Waals surface area contributed by atoms with E-state index in [2.05, 4.69) is 21.2 Å². The standard InChI is InChI=1S/C34H44F3N7O6/c1-19(25-15-20(35)18-43(25)7)47-26-17-27(48-22-12-14-44(21(16-22)11-13-38)32(46)49-33(2,3)4)41-30(40-26)29(39)42-50-31(45)34(5,6)23-9-8-10-24(36)28(23)37/h8-10,17,19-22,25H,11-12,14-16,18H2,1-7H3,(H2,39,42)/t19-,20+,21+,22-,25-/m0/s1. The number of carbonyl (C=O) groups excluding carboxylic acids is 2. The molecule has 2 saturated heterocycles. The summed E-state index contributed by atoms with van der Waals surface area (Å²) in [5.74, 6) is -4.03. The van der Waals surface area contributed by atoms with Gasteiger partial charge in [0.1, 0.15) is 24.0 Å². The number of piperidine rings is 1. The number of nitrogens with zero attached hydrogens (tertiary/aromatic N) is 6. The van der Waals surface area contributed by atoms with Crippen LogP contribution in [0.4, 0.5) is 18.0 Å². The summed E-state index contributed by atoms with van der Waals surface area (Å²) in [6, 6.07) is 6.25. The first-order valence-corrected chi connectivity index (χ1v) is 16.3. The maximum Gasteiger partial charge on any atom is 0.410 e. The Balaban J connectivity index is 1.58. The number of nitriles is 1. The smallest absolute Gasteiger partial charge is 0.410 e. The lowest BCUT2D eigenvalue weighted by Crippen LogP contribution is -2.50. The Bertz CT molecular complexity index is 1630. The van der Waals surface area contributed by atoms with Crippen molar-refractivity contribution in [3.63, 3.8) is 0 Å². The first kappa shape index (κ1) is 38.2. The highest BCUT2D eigenvalue weighted by molar-refractivity contribution is 5.94. The molecule has 4 rings (SSSR count). The van der Waals surface area contributed by atoms with E-state index in [1.54, 1.807) is 34.7 Å². The Morgan fingerprint density at radius 2 is 1.86 bits per heavy atom. The number of rotatable bonds is 10. The van der Waals surface area contributed by atoms with Gasteiger partial charge in [-0.2, -0.15) is 15.2 Å². The third-order valence-electron chi connectivity index (χ3n) is 8.58. The van der Waals surface area contributed by atoms with Crippen LogP contribution >= 0.6 is 0 Å². The first-order chi connectivity index (χ1) is 23.4. The molecule has 5 atom stereocenters. The van der Waals surface area contributed by atoms with Crippen LogP contribution < -0.4 is 15.2 Å². The van der Waals surface area contributed by atoms with Gasteiger partial charge in [0.2, 0.25) is 23.4 Å². The lowest BCUT2D eigenvalue weighted by atomic mass is 9.84. The number of amides is 1. The van der Waals surface area contributed by atoms with Crippen molar-refractivity contribution >= 4 is 17.9 Å². The van der Waals surface area contributed by atoms with Gasteiger partial charge in [0.05, 0.1) is 30.0 Å². The zero-order valence-electron chi connectivity index (χ0n) is 29.3. The monoisotopic (exact) mass is 703 g/mol. The average molecular weight is 704 g/mol. The number of likely N-dealkylation sites (N-methyl/N-ethyl adjacent to an activating group) is 1. The van der Waals surface area contributed by atoms with E-state index < -0.39 is 65.0 Å². The van der Waals surface area contributed by atoms with Crippen molar-refractivity contribution < 1.29 is 41.8 Å². The van der Waals surface area contributed by atoms with Crippen molar-refractivity contribution in [1.29, 1.82) is 5.26 Å². The number of hydrogen-bond donors (Lipinski definition) is 1. The molecule has 50 heavy (non-hydrogen) atoms. The molecule has 2 aromatic rings. The zero-order valence-corrected chi connectivity index (χ0v) is 29.3. The van der Waals surface area contributed by atoms with Gasteiger partial charge in [-0.1, -0.05) is 17.3 Å². The predicted octanol–water partition coefficient (Wildman–Crippen LogP) is 4.77. The molecule has 3 heterocycles. The second kappa shape index (κ2) is 15.5. The zero-order chi connectivity index (χ0) is 37.0. The van der Waals surface area contributed by atoms with Crippen LogP contribution in [0.2, 0.25) is 0 Å². The molecular weight excluding hydrogens is 659 g/mol. The number of nitrogens with two attached hydrogens (primary N) is 1. The summed E-state index contributed by atoms with van der Waals surface area (Å²) in [6.45, 7) is 10.2. The first-order valence-electron chi connectivity index (χ1n) is 16.3. The number of aromatic nitrogens is 2. The van der Waals surface area contributed by atoms with Crippen molar-refractivity contribution in [3.05, 3.63) is 47.3 Å². The topological polar surface area (TPSA) is 165 Å². The van der Waals surface area contributed by atoms with Gasteiger partial charge in [-0.05, 0) is 61.1 Å². The third-order valence-corrected chi connectivity index (χ3v) is 8.58. The van der Waals surface area contributed by atoms with Gasteiger partial charge >= 0.3 is 12.1 Å². The molecule has 0 unspecified atom stereocenters. The van der Waals surface area contributed by atoms with Crippen molar-refractivity contribution in [2.45, 2.75) is 109 Å². The number of ether oxygens (including phenoxy) is 3. The van der Waals surface area contributed by atoms with Crippen molar-refractivity contribution in [2.75, 3.05) is 20.1 Å². The summed E-state index contributed by atoms with van der Waals surface area (Å²) in [4.78, 5) is 42.9. The van der Waals surface area contributed by atoms with Crippen LogP contribution in [-0.4, -0.2) is 93.9 Å². The minimum absolute atomic E-state index is 0.0124. The molecule has 0 radical (unpaired) electrons. The molecule has 1 aromatic carbocycles. The van der Waals surface area contributed by atoms with E-state index in [1.807, 2.05) is 4.90 Å². The van der Waals surface area contributed by atoms with E-state index in [4.69, 9.17) is 24.8 Å². The molecule has 0 bridgehead atoms. The molecule has 13 nitrogen and oxygen atoms in total. The van der Waals surface area contributed by atoms with Crippen LogP contribution in [0, 0.1) is 23.0 Å². The number of amidine groups is 1. The fourth-order valence-electron chi connectivity index (χ4n) is 5.92. The quantitative estimate of drug-likeness (QED) is 0.157. The molecular formula is C34H44F3N7O6. The highest BCUT2D eigenvalue weighted by Crippen LogP contribution is 2.30. The number of oxime groups is 1. The van der Waals surface area contributed by atoms with Gasteiger partial charge in [-0.15, -0.1) is 0 Å². The molecule has 1 aromatic heterocycles. The largest absolute Gasteiger partial charge is 0.474 e. The Hall–Kier alpha value is -4.65. The molecule has 0 spiro atoms. The minimum atomic E-state index is -1.65. The molecule has 0 saturated carbocycles. The second-order valence-corrected chi connectivity index (χ2v) is 14.1. The van der Waals surface area contributed by atoms with Gasteiger partial charge in [0.25, 0.3) is 0 Å². The number of hydrogen-bond acceptors (Lipinski definition) is 11. The van der Waals surface area contributed by atoms with Gasteiger partial charge in [0.15, 0.2) is 11.6 Å². The summed E-state index contributed by atoms with van der Waals surface area (Å²) in [5, 5.41) is 13.1. The highest BCUT2D eigenvalue weighted by atomic mass is 19.2. The Kier molecular flexibility index (Phi) is 11.8. The Morgan fingerprint density at radius 1 is 1.16 bits per heavy atom. The Morgan fingerprint density at radius 3 is 2.50 bits per heavy atom. The van der Waals surface area contributed by atoms with Crippen molar-refractivity contribution in [2.24, 2.45) is 10.9 Å². The lowest BCUT2D eigenvalue weighted by Gasteiger charge is -2.38. The van der Waals surface area contributed by atoms with E-state index in [-0.39, 0.29) is 61.5 Å². The molecule has 2 aliphatic heterocycles. The van der Waals surface area contributed by atoms with Crippen molar-refractivity contribution in [1.82, 2.24) is 19.8 Å². The molecule has 2 N–H and O–H groups in total. The number of halogens is 3. The normalized spacial score (nSPS) is 22.4. The average Bonchev–Trinajstić information content (AvgIpc) is 3.37. The van der Waals surface area contributed by atoms with Gasteiger partial charge in [-0.3, -0.25) is 4.90 Å². The van der Waals surface area contributed by atoms with Crippen LogP contribution in [-0.2, 0) is 19.8 Å². The van der Waals surface area contributed by atoms with E-state index >= 15 is 0 Å². The van der Waals surface area contributed by atoms with Crippen LogP contribution in [0.25, 0.3) is 0 Å². The maximum atomic E-state index is 14.5. The summed E-state index contributed by atoms with van der Waals surface area (Å²) in [5.41, 5.74) is 3.55. The number of carbonyl (C=O) groups is 2. The number of likely N-dealkylation sites (tertiary alicyclic amines) is 2. The maximum absolute atomic E-state index is 14.5. The van der Waals surface area contributed by atoms with E-state index in [1.165, 1.54) is 36.9 Å². The van der Waals surface area contributed by atoms with Crippen LogP contribution in [0.1, 0.15) is 78.6 Å². The predicted molar refractivity (Wildman–Crippen MR) is 175 cm³/mol. The van der Waals surface area contributed by atoms with Crippen LogP contribution in [0.3, 0.4) is 0 Å². The molecule has 0 aliphatic carbocycles. The number of benzene rings is 1. The number of alkyl halides is 1. The fourth-order valence-corrected chi connectivity index (χ4v) is 5.92. The van der Waals surface area contributed by atoms with Crippen LogP contribution in [0.15, 0.2) is 29.4 Å². The Labute approximate surface area is 289 Å². The van der Waals surface area contributed by atoms with Gasteiger partial charge in [-0.25, -0.2) is 22.8 Å². The molecule has 16 heteroatoms. The summed E-state index contributed by atoms with van der Waals surface area (Å²) < 4.78 is 60.4. The summed E-state index contributed by atoms with van der Waals surface area (Å²) in [6.07, 6.45) is -1.58. The van der Waals surface area contributed by atoms with Gasteiger partial charge < -0.3 is 29.7 Å². The van der Waals surface area contributed by atoms with E-state index in [0.717, 1.165) is 6.07 Å². The SMILES string of the molecule is C[C@H](Oc1cc(O[C@H]2CCN(C(=O)OC(C)(C)C)[C@H](CC#N)C2)nc(C(N)=NOC(=O)C(C)(C)c2cccc(F)c2F)n1)[C@@H]1C[C@@H](F)CN1C. The highest BCUT2D eigenvalue weighted by Gasteiger charge is 2.38. The molecule has 2 fully saturated rings. The van der Waals surface area contributed by atoms with Gasteiger partial charge in [0, 0.05) is 37.5 Å². The molecule has 272 valence electrons. The molecule has 1 amide bonds. The summed E-state index contributed by atoms with van der Waals surface area (Å²) >= 11 is 0. The fraction of sp³-hybridized carbons (Fsp3) is 0.588. The lowest BCUT2D eigenvalue weighted by molar-refractivity contribution is -0.149. The van der Waals surface area contributed by atoms with E-state index in [0.29, 0.717) is 6.42 Å². The van der Waals surface area contributed by atoms with E-state index in [9.17, 15) is 28.0 Å². The minimum Gasteiger partial charge on any atom is -0.474 e. The van der Waals surface area contributed by atoms with Crippen molar-refractivity contribution in [3.8, 4) is 17.8 Å².